The third-order valence-electron chi connectivity index (χ3n) is 12.7. The van der Waals surface area contributed by atoms with Crippen molar-refractivity contribution in [2.75, 3.05) is 13.2 Å². The number of carbonyl (C=O) groups excluding carboxylic acids is 3. The van der Waals surface area contributed by atoms with Gasteiger partial charge in [0.15, 0.2) is 6.10 Å². The Labute approximate surface area is 398 Å². The maximum atomic E-state index is 12.8. The second-order valence-electron chi connectivity index (χ2n) is 19.2. The van der Waals surface area contributed by atoms with E-state index in [2.05, 4.69) is 45.1 Å². The summed E-state index contributed by atoms with van der Waals surface area (Å²) in [4.78, 5) is 37.8. The fourth-order valence-corrected chi connectivity index (χ4v) is 8.37. The lowest BCUT2D eigenvalue weighted by atomic mass is 10.0. The summed E-state index contributed by atoms with van der Waals surface area (Å²) in [6.45, 7) is 6.61. The molecule has 0 aromatic heterocycles. The van der Waals surface area contributed by atoms with Crippen LogP contribution in [0.25, 0.3) is 0 Å². The molecule has 0 aliphatic carbocycles. The van der Waals surface area contributed by atoms with Gasteiger partial charge in [-0.2, -0.15) is 0 Å². The van der Waals surface area contributed by atoms with Crippen molar-refractivity contribution >= 4 is 17.9 Å². The van der Waals surface area contributed by atoms with Crippen molar-refractivity contribution in [3.05, 3.63) is 24.3 Å². The van der Waals surface area contributed by atoms with E-state index in [-0.39, 0.29) is 31.1 Å². The molecule has 1 unspecified atom stereocenters. The first-order valence-electron chi connectivity index (χ1n) is 28.3. The van der Waals surface area contributed by atoms with Gasteiger partial charge in [0, 0.05) is 19.3 Å². The van der Waals surface area contributed by atoms with Gasteiger partial charge in [0.05, 0.1) is 0 Å². The van der Waals surface area contributed by atoms with Gasteiger partial charge >= 0.3 is 17.9 Å². The van der Waals surface area contributed by atoms with Crippen LogP contribution in [0.2, 0.25) is 0 Å². The molecule has 0 saturated heterocycles. The molecule has 0 saturated carbocycles. The van der Waals surface area contributed by atoms with Crippen molar-refractivity contribution in [2.24, 2.45) is 0 Å². The van der Waals surface area contributed by atoms with Gasteiger partial charge < -0.3 is 14.2 Å². The van der Waals surface area contributed by atoms with Gasteiger partial charge in [-0.25, -0.2) is 0 Å². The van der Waals surface area contributed by atoms with E-state index in [1.165, 1.54) is 212 Å². The average Bonchev–Trinajstić information content (AvgIpc) is 3.29. The molecular formula is C58H108O6. The molecule has 0 rings (SSSR count). The molecule has 6 nitrogen and oxygen atoms in total. The lowest BCUT2D eigenvalue weighted by molar-refractivity contribution is -0.167. The highest BCUT2D eigenvalue weighted by Crippen LogP contribution is 2.16. The summed E-state index contributed by atoms with van der Waals surface area (Å²) < 4.78 is 16.8. The minimum absolute atomic E-state index is 0.0703. The fourth-order valence-electron chi connectivity index (χ4n) is 8.37. The predicted molar refractivity (Wildman–Crippen MR) is 275 cm³/mol. The Morgan fingerprint density at radius 2 is 0.516 bits per heavy atom. The second-order valence-corrected chi connectivity index (χ2v) is 19.2. The van der Waals surface area contributed by atoms with Gasteiger partial charge in [-0.1, -0.05) is 244 Å². The van der Waals surface area contributed by atoms with Crippen molar-refractivity contribution in [3.63, 3.8) is 0 Å². The summed E-state index contributed by atoms with van der Waals surface area (Å²) in [5.74, 6) is -0.870. The third kappa shape index (κ3) is 50.9. The smallest absolute Gasteiger partial charge is 0.306 e. The summed E-state index contributed by atoms with van der Waals surface area (Å²) >= 11 is 0. The van der Waals surface area contributed by atoms with Crippen molar-refractivity contribution in [1.29, 1.82) is 0 Å². The Bertz CT molecular complexity index is 1040. The monoisotopic (exact) mass is 901 g/mol. The molecule has 0 N–H and O–H groups in total. The topological polar surface area (TPSA) is 78.9 Å². The summed E-state index contributed by atoms with van der Waals surface area (Å²) in [6.07, 6.45) is 62.0. The number of carbonyl (C=O) groups is 3. The lowest BCUT2D eigenvalue weighted by Gasteiger charge is -2.18. The molecule has 0 amide bonds. The largest absolute Gasteiger partial charge is 0.462 e. The number of allylic oxidation sites excluding steroid dienone is 4. The van der Waals surface area contributed by atoms with E-state index in [1.807, 2.05) is 0 Å². The van der Waals surface area contributed by atoms with Crippen LogP contribution in [0.3, 0.4) is 0 Å². The molecule has 6 heteroatoms. The molecule has 0 aliphatic heterocycles. The van der Waals surface area contributed by atoms with Crippen LogP contribution in [0.5, 0.6) is 0 Å². The van der Waals surface area contributed by atoms with Crippen LogP contribution in [0, 0.1) is 0 Å². The van der Waals surface area contributed by atoms with Crippen LogP contribution in [0.15, 0.2) is 24.3 Å². The third-order valence-corrected chi connectivity index (χ3v) is 12.7. The van der Waals surface area contributed by atoms with E-state index in [0.717, 1.165) is 57.8 Å². The number of esters is 3. The molecule has 0 aliphatic rings. The molecule has 0 spiro atoms. The van der Waals surface area contributed by atoms with Crippen LogP contribution in [0.4, 0.5) is 0 Å². The maximum absolute atomic E-state index is 12.8. The van der Waals surface area contributed by atoms with Gasteiger partial charge in [0.2, 0.25) is 0 Å². The second kappa shape index (κ2) is 53.5. The highest BCUT2D eigenvalue weighted by molar-refractivity contribution is 5.71. The Morgan fingerprint density at radius 1 is 0.297 bits per heavy atom. The highest BCUT2D eigenvalue weighted by atomic mass is 16.6. The standard InChI is InChI=1S/C58H108O6/c1-4-7-10-13-16-18-20-22-24-26-27-28-29-30-31-33-34-36-38-40-42-45-48-51-57(60)63-54-55(53-62-56(59)50-47-44-15-12-9-6-3)64-58(61)52-49-46-43-41-39-37-35-32-25-23-21-19-17-14-11-8-5-2/h23,25-27,55H,4-22,24,28-54H2,1-3H3/b25-23-,27-26-. The summed E-state index contributed by atoms with van der Waals surface area (Å²) in [6, 6.07) is 0. The van der Waals surface area contributed by atoms with Gasteiger partial charge in [0.1, 0.15) is 13.2 Å². The lowest BCUT2D eigenvalue weighted by Crippen LogP contribution is -2.30. The van der Waals surface area contributed by atoms with Crippen LogP contribution in [0.1, 0.15) is 310 Å². The highest BCUT2D eigenvalue weighted by Gasteiger charge is 2.19. The van der Waals surface area contributed by atoms with Crippen LogP contribution >= 0.6 is 0 Å². The van der Waals surface area contributed by atoms with Crippen LogP contribution in [-0.2, 0) is 28.6 Å². The number of ether oxygens (including phenoxy) is 3. The van der Waals surface area contributed by atoms with E-state index in [9.17, 15) is 14.4 Å². The van der Waals surface area contributed by atoms with Crippen molar-refractivity contribution in [3.8, 4) is 0 Å². The molecule has 0 radical (unpaired) electrons. The fraction of sp³-hybridized carbons (Fsp3) is 0.879. The quantitative estimate of drug-likeness (QED) is 0.0262. The van der Waals surface area contributed by atoms with E-state index >= 15 is 0 Å². The van der Waals surface area contributed by atoms with E-state index in [4.69, 9.17) is 14.2 Å². The zero-order valence-corrected chi connectivity index (χ0v) is 43.1. The minimum atomic E-state index is -0.768. The zero-order chi connectivity index (χ0) is 46.5. The van der Waals surface area contributed by atoms with E-state index in [0.29, 0.717) is 19.3 Å². The Hall–Kier alpha value is -2.11. The minimum Gasteiger partial charge on any atom is -0.462 e. The molecule has 0 fully saturated rings. The van der Waals surface area contributed by atoms with Gasteiger partial charge in [-0.05, 0) is 70.6 Å². The first-order valence-corrected chi connectivity index (χ1v) is 28.3. The molecule has 0 aromatic rings. The van der Waals surface area contributed by atoms with Crippen molar-refractivity contribution in [2.45, 2.75) is 316 Å². The predicted octanol–water partition coefficient (Wildman–Crippen LogP) is 18.7. The Kier molecular flexibility index (Phi) is 51.7. The SMILES string of the molecule is CCCCCCCC/C=C\CCCCCCCCCC(=O)OC(COC(=O)CCCCCCCC)COC(=O)CCCCCCCCCCCCC/C=C\CCCCCCCCCC. The van der Waals surface area contributed by atoms with Gasteiger partial charge in [-0.15, -0.1) is 0 Å². The van der Waals surface area contributed by atoms with E-state index < -0.39 is 6.10 Å². The first-order chi connectivity index (χ1) is 31.5. The molecular weight excluding hydrogens is 793 g/mol. The summed E-state index contributed by atoms with van der Waals surface area (Å²) in [7, 11) is 0. The zero-order valence-electron chi connectivity index (χ0n) is 43.1. The van der Waals surface area contributed by atoms with Gasteiger partial charge in [0.25, 0.3) is 0 Å². The maximum Gasteiger partial charge on any atom is 0.306 e. The number of hydrogen-bond donors (Lipinski definition) is 0. The first kappa shape index (κ1) is 61.9. The number of hydrogen-bond acceptors (Lipinski definition) is 6. The van der Waals surface area contributed by atoms with Crippen LogP contribution < -0.4 is 0 Å². The molecule has 0 bridgehead atoms. The normalized spacial score (nSPS) is 12.1. The molecule has 0 heterocycles. The van der Waals surface area contributed by atoms with Crippen LogP contribution in [-0.4, -0.2) is 37.2 Å². The Morgan fingerprint density at radius 3 is 0.781 bits per heavy atom. The Balaban J connectivity index is 4.10. The van der Waals surface area contributed by atoms with Gasteiger partial charge in [-0.3, -0.25) is 14.4 Å². The molecule has 0 aromatic carbocycles. The average molecular weight is 901 g/mol. The number of unbranched alkanes of at least 4 members (excludes halogenated alkanes) is 37. The molecule has 376 valence electrons. The van der Waals surface area contributed by atoms with Crippen molar-refractivity contribution in [1.82, 2.24) is 0 Å². The summed E-state index contributed by atoms with van der Waals surface area (Å²) in [5.41, 5.74) is 0. The van der Waals surface area contributed by atoms with Crippen molar-refractivity contribution < 1.29 is 28.6 Å². The molecule has 64 heavy (non-hydrogen) atoms. The summed E-state index contributed by atoms with van der Waals surface area (Å²) in [5, 5.41) is 0. The van der Waals surface area contributed by atoms with E-state index in [1.54, 1.807) is 0 Å². The molecule has 1 atom stereocenters. The number of rotatable bonds is 52.